The van der Waals surface area contributed by atoms with Crippen LogP contribution in [0, 0.1) is 12.7 Å². The summed E-state index contributed by atoms with van der Waals surface area (Å²) in [4.78, 5) is 29.1. The maximum absolute atomic E-state index is 14.6. The Kier molecular flexibility index (Phi) is 10.8. The summed E-state index contributed by atoms with van der Waals surface area (Å²) in [5.74, 6) is -1.57. The zero-order chi connectivity index (χ0) is 29.4. The van der Waals surface area contributed by atoms with Crippen molar-refractivity contribution in [2.75, 3.05) is 17.1 Å². The molecule has 10 heteroatoms. The second kappa shape index (κ2) is 13.8. The Morgan fingerprint density at radius 1 is 0.975 bits per heavy atom. The molecule has 0 bridgehead atoms. The lowest BCUT2D eigenvalue weighted by Crippen LogP contribution is -2.52. The van der Waals surface area contributed by atoms with Crippen LogP contribution in [-0.4, -0.2) is 50.0 Å². The van der Waals surface area contributed by atoms with Crippen molar-refractivity contribution >= 4 is 39.3 Å². The van der Waals surface area contributed by atoms with E-state index in [1.54, 1.807) is 49.4 Å². The fraction of sp³-hybridized carbons (Fsp3) is 0.333. The standard InChI is InChI=1S/C30H36FN3O4S2/c1-6-22(3)32-30(36)23(4)33(19-24-9-7-8-10-28(24)31)29(35)20-34(25-13-11-21(2)12-14-25)40(37,38)27-17-15-26(39-5)16-18-27/h7-18,22-23H,6,19-20H2,1-5H3,(H,32,36). The van der Waals surface area contributed by atoms with Crippen LogP contribution in [0.4, 0.5) is 10.1 Å². The first-order valence-corrected chi connectivity index (χ1v) is 15.7. The smallest absolute Gasteiger partial charge is 0.264 e. The van der Waals surface area contributed by atoms with Gasteiger partial charge < -0.3 is 10.2 Å². The lowest BCUT2D eigenvalue weighted by atomic mass is 10.1. The van der Waals surface area contributed by atoms with Crippen molar-refractivity contribution in [2.45, 2.75) is 62.5 Å². The number of hydrogen-bond donors (Lipinski definition) is 1. The summed E-state index contributed by atoms with van der Waals surface area (Å²) in [6.45, 7) is 6.43. The van der Waals surface area contributed by atoms with E-state index in [-0.39, 0.29) is 23.0 Å². The SMILES string of the molecule is CCC(C)NC(=O)C(C)N(Cc1ccccc1F)C(=O)CN(c1ccc(C)cc1)S(=O)(=O)c1ccc(SC)cc1. The number of nitrogens with zero attached hydrogens (tertiary/aromatic N) is 2. The van der Waals surface area contributed by atoms with Crippen molar-refractivity contribution in [3.05, 3.63) is 89.7 Å². The van der Waals surface area contributed by atoms with Gasteiger partial charge in [-0.2, -0.15) is 0 Å². The fourth-order valence-corrected chi connectivity index (χ4v) is 5.80. The highest BCUT2D eigenvalue weighted by atomic mass is 32.2. The molecule has 0 aliphatic heterocycles. The topological polar surface area (TPSA) is 86.8 Å². The molecule has 0 saturated heterocycles. The maximum Gasteiger partial charge on any atom is 0.264 e. The highest BCUT2D eigenvalue weighted by Crippen LogP contribution is 2.26. The van der Waals surface area contributed by atoms with E-state index < -0.39 is 40.2 Å². The second-order valence-electron chi connectivity index (χ2n) is 9.63. The van der Waals surface area contributed by atoms with Crippen LogP contribution in [0.5, 0.6) is 0 Å². The van der Waals surface area contributed by atoms with Gasteiger partial charge >= 0.3 is 0 Å². The van der Waals surface area contributed by atoms with Gasteiger partial charge in [0, 0.05) is 23.0 Å². The molecular formula is C30H36FN3O4S2. The van der Waals surface area contributed by atoms with Crippen molar-refractivity contribution in [3.63, 3.8) is 0 Å². The largest absolute Gasteiger partial charge is 0.352 e. The van der Waals surface area contributed by atoms with Crippen LogP contribution in [0.25, 0.3) is 0 Å². The van der Waals surface area contributed by atoms with Gasteiger partial charge in [0.25, 0.3) is 10.0 Å². The minimum absolute atomic E-state index is 0.0295. The lowest BCUT2D eigenvalue weighted by Gasteiger charge is -2.32. The number of amides is 2. The first-order chi connectivity index (χ1) is 19.0. The summed E-state index contributed by atoms with van der Waals surface area (Å²) >= 11 is 1.48. The van der Waals surface area contributed by atoms with Gasteiger partial charge in [0.05, 0.1) is 10.6 Å². The quantitative estimate of drug-likeness (QED) is 0.288. The third-order valence-electron chi connectivity index (χ3n) is 6.72. The van der Waals surface area contributed by atoms with Crippen LogP contribution in [-0.2, 0) is 26.2 Å². The molecule has 3 aromatic rings. The molecule has 214 valence electrons. The van der Waals surface area contributed by atoms with Crippen LogP contribution in [0.1, 0.15) is 38.3 Å². The van der Waals surface area contributed by atoms with Gasteiger partial charge in [0.2, 0.25) is 11.8 Å². The van der Waals surface area contributed by atoms with E-state index in [0.717, 1.165) is 14.8 Å². The molecule has 3 rings (SSSR count). The average molecular weight is 586 g/mol. The van der Waals surface area contributed by atoms with Crippen LogP contribution < -0.4 is 9.62 Å². The Morgan fingerprint density at radius 2 is 1.60 bits per heavy atom. The molecule has 0 spiro atoms. The molecule has 3 aromatic carbocycles. The molecule has 0 aliphatic rings. The van der Waals surface area contributed by atoms with Gasteiger partial charge in [0.15, 0.2) is 0 Å². The zero-order valence-corrected chi connectivity index (χ0v) is 25.1. The minimum Gasteiger partial charge on any atom is -0.352 e. The van der Waals surface area contributed by atoms with Crippen molar-refractivity contribution in [3.8, 4) is 0 Å². The third-order valence-corrected chi connectivity index (χ3v) is 9.25. The summed E-state index contributed by atoms with van der Waals surface area (Å²) in [7, 11) is -4.17. The number of anilines is 1. The number of aryl methyl sites for hydroxylation is 1. The average Bonchev–Trinajstić information content (AvgIpc) is 2.95. The first kappa shape index (κ1) is 31.2. The van der Waals surface area contributed by atoms with E-state index in [0.29, 0.717) is 12.1 Å². The Bertz CT molecular complexity index is 1410. The van der Waals surface area contributed by atoms with Gasteiger partial charge in [-0.3, -0.25) is 13.9 Å². The minimum atomic E-state index is -4.17. The summed E-state index contributed by atoms with van der Waals surface area (Å²) in [5.41, 5.74) is 1.44. The number of carbonyl (C=O) groups excluding carboxylic acids is 2. The molecule has 2 unspecified atom stereocenters. The number of thioether (sulfide) groups is 1. The molecule has 0 radical (unpaired) electrons. The predicted octanol–water partition coefficient (Wildman–Crippen LogP) is 5.38. The van der Waals surface area contributed by atoms with Crippen molar-refractivity contribution in [2.24, 2.45) is 0 Å². The van der Waals surface area contributed by atoms with E-state index >= 15 is 0 Å². The Morgan fingerprint density at radius 3 is 2.17 bits per heavy atom. The highest BCUT2D eigenvalue weighted by Gasteiger charge is 2.33. The lowest BCUT2D eigenvalue weighted by molar-refractivity contribution is -0.139. The van der Waals surface area contributed by atoms with Crippen molar-refractivity contribution < 1.29 is 22.4 Å². The molecular weight excluding hydrogens is 549 g/mol. The van der Waals surface area contributed by atoms with E-state index in [2.05, 4.69) is 5.32 Å². The summed E-state index contributed by atoms with van der Waals surface area (Å²) in [5, 5.41) is 2.86. The zero-order valence-electron chi connectivity index (χ0n) is 23.4. The number of nitrogens with one attached hydrogen (secondary N) is 1. The number of hydrogen-bond acceptors (Lipinski definition) is 5. The molecule has 40 heavy (non-hydrogen) atoms. The first-order valence-electron chi connectivity index (χ1n) is 13.0. The van der Waals surface area contributed by atoms with Crippen LogP contribution >= 0.6 is 11.8 Å². The van der Waals surface area contributed by atoms with E-state index in [1.165, 1.54) is 47.0 Å². The van der Waals surface area contributed by atoms with E-state index in [9.17, 15) is 22.4 Å². The van der Waals surface area contributed by atoms with Crippen molar-refractivity contribution in [1.29, 1.82) is 0 Å². The van der Waals surface area contributed by atoms with Gasteiger partial charge in [-0.15, -0.1) is 11.8 Å². The Hall–Kier alpha value is -3.37. The van der Waals surface area contributed by atoms with Gasteiger partial charge in [-0.05, 0) is 75.9 Å². The van der Waals surface area contributed by atoms with E-state index in [1.807, 2.05) is 27.0 Å². The molecule has 0 aromatic heterocycles. The second-order valence-corrected chi connectivity index (χ2v) is 12.4. The number of benzene rings is 3. The normalized spacial score (nSPS) is 12.8. The predicted molar refractivity (Wildman–Crippen MR) is 158 cm³/mol. The molecule has 1 N–H and O–H groups in total. The molecule has 0 fully saturated rings. The molecule has 0 heterocycles. The Labute approximate surface area is 240 Å². The van der Waals surface area contributed by atoms with Gasteiger partial charge in [-0.25, -0.2) is 12.8 Å². The summed E-state index contributed by atoms with van der Waals surface area (Å²) < 4.78 is 43.4. The van der Waals surface area contributed by atoms with Gasteiger partial charge in [0.1, 0.15) is 18.4 Å². The van der Waals surface area contributed by atoms with Crippen LogP contribution in [0.3, 0.4) is 0 Å². The Balaban J connectivity index is 2.03. The number of rotatable bonds is 12. The number of carbonyl (C=O) groups is 2. The number of halogens is 1. The summed E-state index contributed by atoms with van der Waals surface area (Å²) in [6, 6.07) is 18.1. The molecule has 0 saturated carbocycles. The monoisotopic (exact) mass is 585 g/mol. The highest BCUT2D eigenvalue weighted by molar-refractivity contribution is 7.98. The van der Waals surface area contributed by atoms with Crippen LogP contribution in [0.15, 0.2) is 82.6 Å². The van der Waals surface area contributed by atoms with E-state index in [4.69, 9.17) is 0 Å². The number of sulfonamides is 1. The molecule has 0 aliphatic carbocycles. The molecule has 2 amide bonds. The molecule has 7 nitrogen and oxygen atoms in total. The van der Waals surface area contributed by atoms with Gasteiger partial charge in [-0.1, -0.05) is 42.8 Å². The summed E-state index contributed by atoms with van der Waals surface area (Å²) in [6.07, 6.45) is 2.58. The molecule has 2 atom stereocenters. The van der Waals surface area contributed by atoms with Crippen LogP contribution in [0.2, 0.25) is 0 Å². The maximum atomic E-state index is 14.6. The third kappa shape index (κ3) is 7.63. The fourth-order valence-electron chi connectivity index (χ4n) is 3.97. The van der Waals surface area contributed by atoms with Crippen molar-refractivity contribution in [1.82, 2.24) is 10.2 Å².